The van der Waals surface area contributed by atoms with Crippen LogP contribution < -0.4 is 5.32 Å². The molecule has 0 bridgehead atoms. The van der Waals surface area contributed by atoms with E-state index in [-0.39, 0.29) is 18.4 Å². The van der Waals surface area contributed by atoms with Gasteiger partial charge in [0.1, 0.15) is 4.88 Å². The van der Waals surface area contributed by atoms with Crippen molar-refractivity contribution in [2.24, 2.45) is 11.8 Å². The molecule has 7 heteroatoms. The quantitative estimate of drug-likeness (QED) is 0.817. The number of rotatable bonds is 7. The number of amides is 1. The van der Waals surface area contributed by atoms with Crippen molar-refractivity contribution in [2.75, 3.05) is 6.54 Å². The minimum Gasteiger partial charge on any atom is -0.481 e. The molecule has 0 aliphatic rings. The second-order valence-corrected chi connectivity index (χ2v) is 6.41. The molecule has 118 valence electrons. The van der Waals surface area contributed by atoms with Gasteiger partial charge in [0.2, 0.25) is 0 Å². The first-order valence-corrected chi connectivity index (χ1v) is 7.79. The molecule has 6 nitrogen and oxygen atoms in total. The van der Waals surface area contributed by atoms with Crippen molar-refractivity contribution in [3.63, 3.8) is 0 Å². The van der Waals surface area contributed by atoms with Crippen LogP contribution in [0.25, 0.3) is 10.8 Å². The van der Waals surface area contributed by atoms with E-state index >= 15 is 0 Å². The third-order valence-electron chi connectivity index (χ3n) is 3.08. The number of hydrogen-bond donors (Lipinski definition) is 2. The van der Waals surface area contributed by atoms with Gasteiger partial charge in [0.25, 0.3) is 5.91 Å². The summed E-state index contributed by atoms with van der Waals surface area (Å²) in [5.41, 5.74) is 0. The summed E-state index contributed by atoms with van der Waals surface area (Å²) in [5.74, 6) is -0.930. The molecule has 22 heavy (non-hydrogen) atoms. The fourth-order valence-corrected chi connectivity index (χ4v) is 2.84. The van der Waals surface area contributed by atoms with E-state index in [1.165, 1.54) is 17.5 Å². The number of nitrogens with zero attached hydrogens (tertiary/aromatic N) is 1. The van der Waals surface area contributed by atoms with Crippen molar-refractivity contribution in [2.45, 2.75) is 20.3 Å². The molecule has 1 atom stereocenters. The number of nitrogens with one attached hydrogen (secondary N) is 1. The molecule has 0 saturated heterocycles. The highest BCUT2D eigenvalue weighted by Gasteiger charge is 2.21. The third-order valence-corrected chi connectivity index (χ3v) is 4.09. The molecule has 2 rings (SSSR count). The van der Waals surface area contributed by atoms with Crippen molar-refractivity contribution in [3.8, 4) is 10.8 Å². The molecule has 1 amide bonds. The van der Waals surface area contributed by atoms with Gasteiger partial charge in [-0.2, -0.15) is 0 Å². The zero-order valence-electron chi connectivity index (χ0n) is 12.4. The molecule has 0 aliphatic heterocycles. The second kappa shape index (κ2) is 7.22. The number of thiazole rings is 1. The zero-order valence-corrected chi connectivity index (χ0v) is 13.2. The summed E-state index contributed by atoms with van der Waals surface area (Å²) in [6, 6.07) is 3.52. The standard InChI is InChI=1S/C15H18N2O4S/c1-9(2)6-10(15(19)20)7-16-13(18)12-8-17-14(22-12)11-4-3-5-21-11/h3-5,8-10H,6-7H2,1-2H3,(H,16,18)(H,19,20). The van der Waals surface area contributed by atoms with Gasteiger partial charge < -0.3 is 14.8 Å². The number of carboxylic acid groups (broad SMARTS) is 1. The van der Waals surface area contributed by atoms with Gasteiger partial charge in [0.15, 0.2) is 10.8 Å². The van der Waals surface area contributed by atoms with Crippen LogP contribution in [-0.4, -0.2) is 28.5 Å². The molecule has 0 aromatic carbocycles. The van der Waals surface area contributed by atoms with E-state index in [2.05, 4.69) is 10.3 Å². The first-order chi connectivity index (χ1) is 10.5. The van der Waals surface area contributed by atoms with E-state index < -0.39 is 11.9 Å². The van der Waals surface area contributed by atoms with Crippen LogP contribution in [0, 0.1) is 11.8 Å². The first kappa shape index (κ1) is 16.2. The summed E-state index contributed by atoms with van der Waals surface area (Å²) in [4.78, 5) is 27.8. The number of carbonyl (C=O) groups is 2. The van der Waals surface area contributed by atoms with Crippen molar-refractivity contribution in [1.29, 1.82) is 0 Å². The van der Waals surface area contributed by atoms with Crippen LogP contribution in [0.15, 0.2) is 29.0 Å². The normalized spacial score (nSPS) is 12.3. The molecule has 0 aliphatic carbocycles. The predicted octanol–water partition coefficient (Wildman–Crippen LogP) is 2.88. The van der Waals surface area contributed by atoms with Crippen LogP contribution in [0.5, 0.6) is 0 Å². The molecule has 1 unspecified atom stereocenters. The monoisotopic (exact) mass is 322 g/mol. The van der Waals surface area contributed by atoms with Gasteiger partial charge in [0.05, 0.1) is 18.4 Å². The van der Waals surface area contributed by atoms with Crippen molar-refractivity contribution >= 4 is 23.2 Å². The Morgan fingerprint density at radius 2 is 2.23 bits per heavy atom. The minimum atomic E-state index is -0.894. The smallest absolute Gasteiger partial charge is 0.308 e. The molecule has 2 heterocycles. The van der Waals surface area contributed by atoms with Crippen LogP contribution in [-0.2, 0) is 4.79 Å². The topological polar surface area (TPSA) is 92.4 Å². The first-order valence-electron chi connectivity index (χ1n) is 6.98. The number of carbonyl (C=O) groups excluding carboxylic acids is 1. The van der Waals surface area contributed by atoms with Crippen molar-refractivity contribution in [3.05, 3.63) is 29.5 Å². The van der Waals surface area contributed by atoms with Gasteiger partial charge in [-0.25, -0.2) is 4.98 Å². The van der Waals surface area contributed by atoms with Gasteiger partial charge in [-0.3, -0.25) is 9.59 Å². The molecule has 0 saturated carbocycles. The molecule has 0 spiro atoms. The van der Waals surface area contributed by atoms with Gasteiger partial charge in [0, 0.05) is 6.54 Å². The Bertz CT molecular complexity index is 634. The van der Waals surface area contributed by atoms with Crippen molar-refractivity contribution in [1.82, 2.24) is 10.3 Å². The average Bonchev–Trinajstić information content (AvgIpc) is 3.11. The van der Waals surface area contributed by atoms with Gasteiger partial charge >= 0.3 is 5.97 Å². The van der Waals surface area contributed by atoms with E-state index in [4.69, 9.17) is 9.52 Å². The minimum absolute atomic E-state index is 0.111. The summed E-state index contributed by atoms with van der Waals surface area (Å²) < 4.78 is 5.22. The molecule has 2 aromatic rings. The SMILES string of the molecule is CC(C)CC(CNC(=O)c1cnc(-c2ccco2)s1)C(=O)O. The van der Waals surface area contributed by atoms with Crippen molar-refractivity contribution < 1.29 is 19.1 Å². The Morgan fingerprint density at radius 1 is 1.45 bits per heavy atom. The van der Waals surface area contributed by atoms with E-state index in [0.717, 1.165) is 0 Å². The maximum Gasteiger partial charge on any atom is 0.308 e. The van der Waals surface area contributed by atoms with Crippen LogP contribution in [0.4, 0.5) is 0 Å². The van der Waals surface area contributed by atoms with E-state index in [1.807, 2.05) is 13.8 Å². The van der Waals surface area contributed by atoms with Crippen LogP contribution in [0.1, 0.15) is 29.9 Å². The summed E-state index contributed by atoms with van der Waals surface area (Å²) in [5, 5.41) is 12.4. The number of furan rings is 1. The zero-order chi connectivity index (χ0) is 16.1. The number of aliphatic carboxylic acids is 1. The maximum atomic E-state index is 12.1. The lowest BCUT2D eigenvalue weighted by molar-refractivity contribution is -0.142. The molecular formula is C15H18N2O4S. The largest absolute Gasteiger partial charge is 0.481 e. The van der Waals surface area contributed by atoms with Crippen LogP contribution >= 0.6 is 11.3 Å². The van der Waals surface area contributed by atoms with Gasteiger partial charge in [-0.05, 0) is 24.5 Å². The molecule has 2 N–H and O–H groups in total. The molecular weight excluding hydrogens is 304 g/mol. The molecule has 0 radical (unpaired) electrons. The summed E-state index contributed by atoms with van der Waals surface area (Å²) in [6.45, 7) is 4.02. The number of hydrogen-bond acceptors (Lipinski definition) is 5. The highest BCUT2D eigenvalue weighted by molar-refractivity contribution is 7.16. The highest BCUT2D eigenvalue weighted by atomic mass is 32.1. The summed E-state index contributed by atoms with van der Waals surface area (Å²) >= 11 is 1.21. The predicted molar refractivity (Wildman–Crippen MR) is 82.7 cm³/mol. The van der Waals surface area contributed by atoms with E-state index in [1.54, 1.807) is 18.4 Å². The lowest BCUT2D eigenvalue weighted by Crippen LogP contribution is -2.33. The molecule has 0 fully saturated rings. The Labute approximate surface area is 132 Å². The highest BCUT2D eigenvalue weighted by Crippen LogP contribution is 2.25. The third kappa shape index (κ3) is 4.17. The van der Waals surface area contributed by atoms with Gasteiger partial charge in [-0.15, -0.1) is 11.3 Å². The lowest BCUT2D eigenvalue weighted by atomic mass is 9.97. The molecule has 2 aromatic heterocycles. The van der Waals surface area contributed by atoms with E-state index in [9.17, 15) is 9.59 Å². The van der Waals surface area contributed by atoms with E-state index in [0.29, 0.717) is 22.1 Å². The Hall–Kier alpha value is -2.15. The Kier molecular flexibility index (Phi) is 5.32. The lowest BCUT2D eigenvalue weighted by Gasteiger charge is -2.14. The Morgan fingerprint density at radius 3 is 2.82 bits per heavy atom. The second-order valence-electron chi connectivity index (χ2n) is 5.38. The fraction of sp³-hybridized carbons (Fsp3) is 0.400. The average molecular weight is 322 g/mol. The maximum absolute atomic E-state index is 12.1. The summed E-state index contributed by atoms with van der Waals surface area (Å²) in [7, 11) is 0. The number of aromatic nitrogens is 1. The number of carboxylic acids is 1. The van der Waals surface area contributed by atoms with Gasteiger partial charge in [-0.1, -0.05) is 13.8 Å². The summed E-state index contributed by atoms with van der Waals surface area (Å²) in [6.07, 6.45) is 3.53. The van der Waals surface area contributed by atoms with Crippen LogP contribution in [0.3, 0.4) is 0 Å². The fourth-order valence-electron chi connectivity index (χ4n) is 2.04. The van der Waals surface area contributed by atoms with Crippen LogP contribution in [0.2, 0.25) is 0 Å². The Balaban J connectivity index is 1.96.